The molecule has 3 N–H and O–H groups in total. The summed E-state index contributed by atoms with van der Waals surface area (Å²) in [4.78, 5) is 36.8. The maximum absolute atomic E-state index is 13.0. The third-order valence-corrected chi connectivity index (χ3v) is 6.27. The first-order valence-corrected chi connectivity index (χ1v) is 9.04. The Bertz CT molecular complexity index is 714. The summed E-state index contributed by atoms with van der Waals surface area (Å²) in [6.45, 7) is 0.418. The van der Waals surface area contributed by atoms with Crippen LogP contribution in [0.2, 0.25) is 0 Å². The van der Waals surface area contributed by atoms with Crippen LogP contribution >= 0.6 is 0 Å². The van der Waals surface area contributed by atoms with Crippen molar-refractivity contribution in [2.24, 2.45) is 5.92 Å². The van der Waals surface area contributed by atoms with Gasteiger partial charge in [0.15, 0.2) is 0 Å². The molecule has 4 rings (SSSR count). The van der Waals surface area contributed by atoms with Crippen molar-refractivity contribution in [3.05, 3.63) is 35.9 Å². The summed E-state index contributed by atoms with van der Waals surface area (Å²) in [5.41, 5.74) is -0.218. The van der Waals surface area contributed by atoms with Crippen LogP contribution in [0.5, 0.6) is 0 Å². The molecule has 1 heterocycles. The topological polar surface area (TPSA) is 87.3 Å². The number of amides is 4. The molecule has 132 valence electrons. The fourth-order valence-corrected chi connectivity index (χ4v) is 4.64. The second-order valence-electron chi connectivity index (χ2n) is 7.48. The van der Waals surface area contributed by atoms with E-state index in [0.717, 1.165) is 37.7 Å². The quantitative estimate of drug-likeness (QED) is 0.727. The molecule has 4 amide bonds. The van der Waals surface area contributed by atoms with Gasteiger partial charge >= 0.3 is 6.03 Å². The number of hydrogen-bond donors (Lipinski definition) is 3. The molecule has 1 aliphatic heterocycles. The summed E-state index contributed by atoms with van der Waals surface area (Å²) < 4.78 is 0. The van der Waals surface area contributed by atoms with Crippen LogP contribution in [0.1, 0.15) is 44.1 Å². The number of benzene rings is 1. The molecule has 0 unspecified atom stereocenters. The summed E-state index contributed by atoms with van der Waals surface area (Å²) >= 11 is 0. The average Bonchev–Trinajstić information content (AvgIpc) is 3.09. The molecule has 0 radical (unpaired) electrons. The molecule has 1 aromatic rings. The second kappa shape index (κ2) is 5.86. The number of urea groups is 1. The van der Waals surface area contributed by atoms with Gasteiger partial charge in [-0.2, -0.15) is 0 Å². The number of hydrogen-bond acceptors (Lipinski definition) is 3. The minimum Gasteiger partial charge on any atom is -0.355 e. The molecule has 1 spiro atoms. The Morgan fingerprint density at radius 3 is 2.48 bits per heavy atom. The zero-order valence-corrected chi connectivity index (χ0v) is 14.1. The van der Waals surface area contributed by atoms with Crippen molar-refractivity contribution < 1.29 is 14.4 Å². The third kappa shape index (κ3) is 2.42. The molecule has 2 atom stereocenters. The summed E-state index contributed by atoms with van der Waals surface area (Å²) in [5.74, 6) is -0.275. The molecular formula is C19H23N3O3. The monoisotopic (exact) mass is 341 g/mol. The van der Waals surface area contributed by atoms with E-state index in [2.05, 4.69) is 16.0 Å². The lowest BCUT2D eigenvalue weighted by Crippen LogP contribution is -2.55. The lowest BCUT2D eigenvalue weighted by atomic mass is 9.63. The Labute approximate surface area is 146 Å². The van der Waals surface area contributed by atoms with Gasteiger partial charge in [0.2, 0.25) is 5.91 Å². The van der Waals surface area contributed by atoms with Crippen LogP contribution in [-0.4, -0.2) is 29.9 Å². The van der Waals surface area contributed by atoms with Crippen molar-refractivity contribution in [3.63, 3.8) is 0 Å². The molecule has 0 aromatic heterocycles. The van der Waals surface area contributed by atoms with Gasteiger partial charge < -0.3 is 10.6 Å². The zero-order valence-electron chi connectivity index (χ0n) is 14.1. The molecule has 1 aromatic carbocycles. The molecule has 6 nitrogen and oxygen atoms in total. The lowest BCUT2D eigenvalue weighted by Gasteiger charge is -2.41. The highest BCUT2D eigenvalue weighted by atomic mass is 16.2. The van der Waals surface area contributed by atoms with Gasteiger partial charge in [-0.3, -0.25) is 14.9 Å². The van der Waals surface area contributed by atoms with E-state index in [1.807, 2.05) is 30.3 Å². The van der Waals surface area contributed by atoms with Gasteiger partial charge in [-0.1, -0.05) is 43.2 Å². The Hall–Kier alpha value is -2.37. The first-order chi connectivity index (χ1) is 12.1. The van der Waals surface area contributed by atoms with Gasteiger partial charge in [-0.05, 0) is 31.2 Å². The van der Waals surface area contributed by atoms with Crippen LogP contribution in [0.25, 0.3) is 0 Å². The Balaban J connectivity index is 1.47. The van der Waals surface area contributed by atoms with Gasteiger partial charge in [0.25, 0.3) is 5.91 Å². The number of nitrogens with one attached hydrogen (secondary N) is 3. The normalized spacial score (nSPS) is 29.8. The summed E-state index contributed by atoms with van der Waals surface area (Å²) in [5, 5.41) is 8.23. The second-order valence-corrected chi connectivity index (χ2v) is 7.48. The molecule has 25 heavy (non-hydrogen) atoms. The largest absolute Gasteiger partial charge is 0.355 e. The molecule has 3 fully saturated rings. The van der Waals surface area contributed by atoms with E-state index < -0.39 is 17.0 Å². The molecular weight excluding hydrogens is 318 g/mol. The molecule has 2 saturated carbocycles. The average molecular weight is 341 g/mol. The van der Waals surface area contributed by atoms with Gasteiger partial charge in [0.05, 0.1) is 5.41 Å². The van der Waals surface area contributed by atoms with E-state index in [0.29, 0.717) is 13.0 Å². The Kier molecular flexibility index (Phi) is 3.78. The molecule has 3 aliphatic rings. The zero-order chi connectivity index (χ0) is 17.5. The fourth-order valence-electron chi connectivity index (χ4n) is 4.64. The van der Waals surface area contributed by atoms with Crippen LogP contribution in [-0.2, 0) is 15.0 Å². The number of rotatable bonds is 4. The van der Waals surface area contributed by atoms with E-state index in [9.17, 15) is 14.4 Å². The minimum absolute atomic E-state index is 0.0386. The van der Waals surface area contributed by atoms with Gasteiger partial charge in [-0.25, -0.2) is 4.79 Å². The predicted octanol–water partition coefficient (Wildman–Crippen LogP) is 1.60. The van der Waals surface area contributed by atoms with E-state index >= 15 is 0 Å². The van der Waals surface area contributed by atoms with E-state index in [1.165, 1.54) is 0 Å². The van der Waals surface area contributed by atoms with Gasteiger partial charge in [0, 0.05) is 12.5 Å². The smallest absolute Gasteiger partial charge is 0.322 e. The van der Waals surface area contributed by atoms with Gasteiger partial charge in [-0.15, -0.1) is 0 Å². The first-order valence-electron chi connectivity index (χ1n) is 9.04. The number of carbonyl (C=O) groups is 3. The fraction of sp³-hybridized carbons (Fsp3) is 0.526. The standard InChI is InChI=1S/C19H23N3O3/c23-15(18(9-5-10-18)13-6-2-1-3-7-13)20-12-14-8-4-11-19(14)16(24)21-17(25)22-19/h1-3,6-7,14H,4-5,8-12H2,(H,20,23)(H2,21,22,24,25)/t14-,19-/m1/s1. The third-order valence-electron chi connectivity index (χ3n) is 6.27. The molecule has 6 heteroatoms. The first kappa shape index (κ1) is 16.1. The van der Waals surface area contributed by atoms with Gasteiger partial charge in [0.1, 0.15) is 5.54 Å². The summed E-state index contributed by atoms with van der Waals surface area (Å²) in [6.07, 6.45) is 5.10. The van der Waals surface area contributed by atoms with Crippen molar-refractivity contribution in [2.45, 2.75) is 49.5 Å². The summed E-state index contributed by atoms with van der Waals surface area (Å²) in [6, 6.07) is 9.49. The van der Waals surface area contributed by atoms with Crippen LogP contribution in [0, 0.1) is 5.92 Å². The van der Waals surface area contributed by atoms with Crippen molar-refractivity contribution in [1.82, 2.24) is 16.0 Å². The highest BCUT2D eigenvalue weighted by molar-refractivity contribution is 6.07. The molecule has 0 bridgehead atoms. The SMILES string of the molecule is O=C1NC(=O)[C@]2(CCC[C@@H]2CNC(=O)C2(c3ccccc3)CCC2)N1. The summed E-state index contributed by atoms with van der Waals surface area (Å²) in [7, 11) is 0. The number of imide groups is 1. The Morgan fingerprint density at radius 2 is 1.88 bits per heavy atom. The highest BCUT2D eigenvalue weighted by Crippen LogP contribution is 2.44. The van der Waals surface area contributed by atoms with Crippen molar-refractivity contribution in [3.8, 4) is 0 Å². The van der Waals surface area contributed by atoms with Crippen molar-refractivity contribution >= 4 is 17.8 Å². The van der Waals surface area contributed by atoms with E-state index in [-0.39, 0.29) is 17.7 Å². The Morgan fingerprint density at radius 1 is 1.12 bits per heavy atom. The maximum Gasteiger partial charge on any atom is 0.322 e. The highest BCUT2D eigenvalue weighted by Gasteiger charge is 2.54. The van der Waals surface area contributed by atoms with Crippen molar-refractivity contribution in [2.75, 3.05) is 6.54 Å². The van der Waals surface area contributed by atoms with Crippen LogP contribution < -0.4 is 16.0 Å². The van der Waals surface area contributed by atoms with E-state index in [4.69, 9.17) is 0 Å². The van der Waals surface area contributed by atoms with Crippen LogP contribution in [0.4, 0.5) is 4.79 Å². The predicted molar refractivity (Wildman–Crippen MR) is 91.7 cm³/mol. The maximum atomic E-state index is 13.0. The molecule has 1 saturated heterocycles. The van der Waals surface area contributed by atoms with Crippen LogP contribution in [0.15, 0.2) is 30.3 Å². The minimum atomic E-state index is -0.843. The lowest BCUT2D eigenvalue weighted by molar-refractivity contribution is -0.131. The van der Waals surface area contributed by atoms with Crippen molar-refractivity contribution in [1.29, 1.82) is 0 Å². The number of carbonyl (C=O) groups excluding carboxylic acids is 3. The molecule has 2 aliphatic carbocycles. The van der Waals surface area contributed by atoms with Crippen LogP contribution in [0.3, 0.4) is 0 Å². The van der Waals surface area contributed by atoms with E-state index in [1.54, 1.807) is 0 Å².